The third-order valence-electron chi connectivity index (χ3n) is 7.08. The molecule has 0 N–H and O–H groups in total. The standard InChI is InChI=1S/C31H19Br2N2/c32-25-16-17-26(33)31-30(25)34-28-23-13-5-3-11-21(23)27(22-12-4-6-14-24(22)29(28)35-31)20-15-7-9-18-8-1-2-10-19(18)20/h1-5,8,10-14,16-17H,7,9,15H2/q+1/b27-20-. The van der Waals surface area contributed by atoms with Gasteiger partial charge in [-0.1, -0.05) is 48.5 Å². The van der Waals surface area contributed by atoms with Crippen LogP contribution < -0.4 is 0 Å². The van der Waals surface area contributed by atoms with Gasteiger partial charge in [0.2, 0.25) is 0 Å². The quantitative estimate of drug-likeness (QED) is 0.195. The van der Waals surface area contributed by atoms with Crippen molar-refractivity contribution in [2.45, 2.75) is 19.3 Å². The second kappa shape index (κ2) is 8.20. The SMILES string of the molecule is Brc1ccc(Br)c2nc3c(nc12)C1=C(C=C[C+]=C1)/C(=C1/CCCc2ccccc21)c1ccccc1-3. The second-order valence-corrected chi connectivity index (χ2v) is 10.7. The van der Waals surface area contributed by atoms with E-state index in [1.807, 2.05) is 18.2 Å². The summed E-state index contributed by atoms with van der Waals surface area (Å²) in [4.78, 5) is 10.4. The van der Waals surface area contributed by atoms with Gasteiger partial charge in [0.25, 0.3) is 0 Å². The van der Waals surface area contributed by atoms with Gasteiger partial charge in [-0.15, -0.1) is 0 Å². The Bertz CT molecular complexity index is 1690. The Kier molecular flexibility index (Phi) is 4.95. The molecule has 4 aromatic rings. The molecule has 0 amide bonds. The molecule has 0 saturated carbocycles. The number of aryl methyl sites for hydroxylation is 1. The van der Waals surface area contributed by atoms with Gasteiger partial charge in [-0.2, -0.15) is 0 Å². The number of fused-ring (bicyclic) bond motifs is 6. The summed E-state index contributed by atoms with van der Waals surface area (Å²) in [5.41, 5.74) is 13.6. The molecule has 0 radical (unpaired) electrons. The molecule has 7 rings (SSSR count). The van der Waals surface area contributed by atoms with Crippen molar-refractivity contribution in [3.63, 3.8) is 0 Å². The number of hydrogen-bond acceptors (Lipinski definition) is 2. The molecule has 4 heteroatoms. The minimum atomic E-state index is 0.851. The van der Waals surface area contributed by atoms with Gasteiger partial charge in [0.1, 0.15) is 40.0 Å². The zero-order valence-corrected chi connectivity index (χ0v) is 21.9. The summed E-state index contributed by atoms with van der Waals surface area (Å²) < 4.78 is 1.87. The van der Waals surface area contributed by atoms with Gasteiger partial charge in [-0.05, 0) is 85.5 Å². The number of halogens is 2. The summed E-state index contributed by atoms with van der Waals surface area (Å²) >= 11 is 7.41. The number of allylic oxidation sites excluding steroid dienone is 8. The molecule has 35 heavy (non-hydrogen) atoms. The van der Waals surface area contributed by atoms with Gasteiger partial charge in [0.05, 0.1) is 6.08 Å². The van der Waals surface area contributed by atoms with E-state index < -0.39 is 0 Å². The van der Waals surface area contributed by atoms with Crippen molar-refractivity contribution in [2.75, 3.05) is 0 Å². The lowest BCUT2D eigenvalue weighted by Crippen LogP contribution is -2.05. The van der Waals surface area contributed by atoms with Crippen molar-refractivity contribution < 1.29 is 0 Å². The fourth-order valence-corrected chi connectivity index (χ4v) is 6.37. The lowest BCUT2D eigenvalue weighted by molar-refractivity contribution is 0.823. The van der Waals surface area contributed by atoms with Crippen LogP contribution in [0.15, 0.2) is 93.4 Å². The van der Waals surface area contributed by atoms with Crippen molar-refractivity contribution in [3.05, 3.63) is 122 Å². The maximum atomic E-state index is 5.22. The van der Waals surface area contributed by atoms with Crippen LogP contribution in [0, 0.1) is 6.08 Å². The molecule has 3 aromatic carbocycles. The van der Waals surface area contributed by atoms with Gasteiger partial charge >= 0.3 is 0 Å². The Labute approximate surface area is 221 Å². The summed E-state index contributed by atoms with van der Waals surface area (Å²) in [7, 11) is 0. The number of aromatic nitrogens is 2. The molecule has 0 aliphatic heterocycles. The molecule has 3 aliphatic carbocycles. The minimum Gasteiger partial charge on any atom is -0.241 e. The molecule has 3 aliphatic rings. The van der Waals surface area contributed by atoms with Gasteiger partial charge in [-0.25, -0.2) is 9.97 Å². The molecule has 0 atom stereocenters. The average molecular weight is 579 g/mol. The molecule has 0 saturated heterocycles. The van der Waals surface area contributed by atoms with Gasteiger partial charge in [0.15, 0.2) is 5.69 Å². The van der Waals surface area contributed by atoms with E-state index in [-0.39, 0.29) is 0 Å². The highest BCUT2D eigenvalue weighted by Crippen LogP contribution is 2.49. The topological polar surface area (TPSA) is 25.8 Å². The maximum Gasteiger partial charge on any atom is 0.154 e. The number of rotatable bonds is 0. The highest BCUT2D eigenvalue weighted by molar-refractivity contribution is 9.11. The first kappa shape index (κ1) is 21.1. The summed E-state index contributed by atoms with van der Waals surface area (Å²) in [6, 6.07) is 21.6. The molecule has 0 fully saturated rings. The Morgan fingerprint density at radius 1 is 0.686 bits per heavy atom. The Hall–Kier alpha value is -3.17. The minimum absolute atomic E-state index is 0.851. The number of benzene rings is 3. The molecule has 1 aromatic heterocycles. The zero-order chi connectivity index (χ0) is 23.5. The van der Waals surface area contributed by atoms with Crippen LogP contribution in [0.25, 0.3) is 39.0 Å². The van der Waals surface area contributed by atoms with E-state index in [4.69, 9.17) is 9.97 Å². The van der Waals surface area contributed by atoms with E-state index in [0.29, 0.717) is 0 Å². The molecule has 2 nitrogen and oxygen atoms in total. The maximum absolute atomic E-state index is 5.22. The van der Waals surface area contributed by atoms with E-state index in [1.165, 1.54) is 33.4 Å². The normalized spacial score (nSPS) is 17.9. The predicted octanol–water partition coefficient (Wildman–Crippen LogP) is 8.77. The van der Waals surface area contributed by atoms with Crippen LogP contribution >= 0.6 is 31.9 Å². The smallest absolute Gasteiger partial charge is 0.154 e. The highest BCUT2D eigenvalue weighted by atomic mass is 79.9. The van der Waals surface area contributed by atoms with Crippen LogP contribution in [0.1, 0.15) is 35.2 Å². The third-order valence-corrected chi connectivity index (χ3v) is 8.36. The van der Waals surface area contributed by atoms with Crippen LogP contribution in [-0.2, 0) is 6.42 Å². The zero-order valence-electron chi connectivity index (χ0n) is 18.8. The lowest BCUT2D eigenvalue weighted by Gasteiger charge is -2.23. The van der Waals surface area contributed by atoms with Crippen molar-refractivity contribution in [2.24, 2.45) is 0 Å². The van der Waals surface area contributed by atoms with Crippen LogP contribution in [0.5, 0.6) is 0 Å². The molecule has 0 bridgehead atoms. The fourth-order valence-electron chi connectivity index (χ4n) is 5.55. The second-order valence-electron chi connectivity index (χ2n) is 9.03. The Morgan fingerprint density at radius 3 is 2.17 bits per heavy atom. The summed E-state index contributed by atoms with van der Waals surface area (Å²) in [6.45, 7) is 0. The molecule has 0 unspecified atom stereocenters. The number of hydrogen-bond donors (Lipinski definition) is 0. The van der Waals surface area contributed by atoms with E-state index in [1.54, 1.807) is 0 Å². The third kappa shape index (κ3) is 3.25. The molecular formula is C31H19Br2N2+. The van der Waals surface area contributed by atoms with Gasteiger partial charge < -0.3 is 0 Å². The van der Waals surface area contributed by atoms with E-state index in [2.05, 4.69) is 98.6 Å². The first-order chi connectivity index (χ1) is 17.2. The predicted molar refractivity (Wildman–Crippen MR) is 150 cm³/mol. The summed E-state index contributed by atoms with van der Waals surface area (Å²) in [5.74, 6) is 0. The first-order valence-electron chi connectivity index (χ1n) is 11.8. The lowest BCUT2D eigenvalue weighted by atomic mass is 9.79. The molecule has 166 valence electrons. The van der Waals surface area contributed by atoms with E-state index in [0.717, 1.165) is 61.8 Å². The van der Waals surface area contributed by atoms with Gasteiger partial charge in [-0.3, -0.25) is 0 Å². The number of nitrogens with zero attached hydrogens (tertiary/aromatic N) is 2. The van der Waals surface area contributed by atoms with Gasteiger partial charge in [0, 0.05) is 26.2 Å². The van der Waals surface area contributed by atoms with Crippen LogP contribution in [0.3, 0.4) is 0 Å². The Morgan fingerprint density at radius 2 is 1.37 bits per heavy atom. The van der Waals surface area contributed by atoms with Crippen LogP contribution in [-0.4, -0.2) is 9.97 Å². The Balaban J connectivity index is 1.66. The largest absolute Gasteiger partial charge is 0.241 e. The van der Waals surface area contributed by atoms with Crippen LogP contribution in [0.4, 0.5) is 0 Å². The van der Waals surface area contributed by atoms with E-state index in [9.17, 15) is 0 Å². The van der Waals surface area contributed by atoms with E-state index >= 15 is 0 Å². The van der Waals surface area contributed by atoms with Crippen LogP contribution in [0.2, 0.25) is 0 Å². The van der Waals surface area contributed by atoms with Crippen molar-refractivity contribution in [3.8, 4) is 11.3 Å². The fraction of sp³-hybridized carbons (Fsp3) is 0.0968. The average Bonchev–Trinajstić information content (AvgIpc) is 3.02. The van der Waals surface area contributed by atoms with Crippen molar-refractivity contribution in [1.82, 2.24) is 9.97 Å². The highest BCUT2D eigenvalue weighted by Gasteiger charge is 2.34. The van der Waals surface area contributed by atoms with Crippen molar-refractivity contribution in [1.29, 1.82) is 0 Å². The summed E-state index contributed by atoms with van der Waals surface area (Å²) in [5, 5.41) is 0. The van der Waals surface area contributed by atoms with Crippen molar-refractivity contribution >= 4 is 59.6 Å². The molecule has 1 heterocycles. The molecule has 0 spiro atoms. The first-order valence-corrected chi connectivity index (χ1v) is 13.4. The summed E-state index contributed by atoms with van der Waals surface area (Å²) in [6.07, 6.45) is 12.9. The molecular weight excluding hydrogens is 560 g/mol. The monoisotopic (exact) mass is 577 g/mol.